The zero-order valence-corrected chi connectivity index (χ0v) is 30.8. The number of carbonyl (C=O) groups is 3. The van der Waals surface area contributed by atoms with Gasteiger partial charge in [-0.1, -0.05) is 52.5 Å². The normalized spacial score (nSPS) is 36.4. The summed E-state index contributed by atoms with van der Waals surface area (Å²) in [4.78, 5) is 38.9. The fraction of sp³-hybridized carbons (Fsp3) is 0.816. The predicted molar refractivity (Wildman–Crippen MR) is 184 cm³/mol. The zero-order chi connectivity index (χ0) is 37.0. The molecule has 0 radical (unpaired) electrons. The second-order valence-electron chi connectivity index (χ2n) is 15.0. The van der Waals surface area contributed by atoms with E-state index in [-0.39, 0.29) is 56.0 Å². The van der Waals surface area contributed by atoms with Crippen molar-refractivity contribution in [2.24, 2.45) is 5.41 Å². The van der Waals surface area contributed by atoms with Gasteiger partial charge in [0.05, 0.1) is 57.3 Å². The summed E-state index contributed by atoms with van der Waals surface area (Å²) < 4.78 is 41.4. The van der Waals surface area contributed by atoms with Gasteiger partial charge in [0, 0.05) is 30.8 Å². The van der Waals surface area contributed by atoms with E-state index in [0.29, 0.717) is 25.9 Å². The predicted octanol–water partition coefficient (Wildman–Crippen LogP) is 4.33. The number of cyclic esters (lactones) is 1. The van der Waals surface area contributed by atoms with E-state index in [2.05, 4.69) is 6.92 Å². The van der Waals surface area contributed by atoms with E-state index in [4.69, 9.17) is 33.2 Å². The molecule has 4 rings (SSSR count). The van der Waals surface area contributed by atoms with Crippen LogP contribution in [0.2, 0.25) is 0 Å². The van der Waals surface area contributed by atoms with E-state index in [1.165, 1.54) is 13.2 Å². The second kappa shape index (κ2) is 19.6. The maximum atomic E-state index is 13.3. The second-order valence-corrected chi connectivity index (χ2v) is 15.0. The number of aliphatic hydroxyl groups excluding tert-OH is 2. The van der Waals surface area contributed by atoms with E-state index in [1.54, 1.807) is 26.0 Å². The lowest BCUT2D eigenvalue weighted by Gasteiger charge is -2.51. The average Bonchev–Trinajstić information content (AvgIpc) is 3.08. The van der Waals surface area contributed by atoms with Gasteiger partial charge in [0.2, 0.25) is 5.79 Å². The topological polar surface area (TPSA) is 177 Å². The highest BCUT2D eigenvalue weighted by atomic mass is 16.7. The van der Waals surface area contributed by atoms with Gasteiger partial charge in [-0.2, -0.15) is 0 Å². The van der Waals surface area contributed by atoms with Crippen molar-refractivity contribution in [1.82, 2.24) is 0 Å². The lowest BCUT2D eigenvalue weighted by atomic mass is 9.74. The Hall–Kier alpha value is -2.39. The van der Waals surface area contributed by atoms with E-state index in [9.17, 15) is 29.7 Å². The van der Waals surface area contributed by atoms with Gasteiger partial charge in [0.25, 0.3) is 0 Å². The van der Waals surface area contributed by atoms with Gasteiger partial charge in [-0.3, -0.25) is 9.59 Å². The molecule has 13 heteroatoms. The van der Waals surface area contributed by atoms with Crippen molar-refractivity contribution in [3.05, 3.63) is 23.8 Å². The van der Waals surface area contributed by atoms with Crippen LogP contribution >= 0.6 is 0 Å². The molecule has 6 bridgehead atoms. The molecular weight excluding hydrogens is 664 g/mol. The van der Waals surface area contributed by atoms with Crippen molar-refractivity contribution >= 4 is 17.9 Å². The maximum Gasteiger partial charge on any atom is 0.330 e. The number of rotatable bonds is 9. The summed E-state index contributed by atoms with van der Waals surface area (Å²) in [5.41, 5.74) is -1.04. The third kappa shape index (κ3) is 12.1. The molecule has 290 valence electrons. The summed E-state index contributed by atoms with van der Waals surface area (Å²) in [6.07, 6.45) is 7.50. The van der Waals surface area contributed by atoms with Gasteiger partial charge >= 0.3 is 17.9 Å². The number of ether oxygens (including phenoxy) is 7. The van der Waals surface area contributed by atoms with Gasteiger partial charge < -0.3 is 48.5 Å². The lowest BCUT2D eigenvalue weighted by molar-refractivity contribution is -0.327. The molecule has 51 heavy (non-hydrogen) atoms. The molecule has 0 aliphatic carbocycles. The van der Waals surface area contributed by atoms with Crippen LogP contribution in [-0.4, -0.2) is 108 Å². The number of unbranched alkanes of at least 4 members (excludes halogenated alkanes) is 4. The van der Waals surface area contributed by atoms with Crippen molar-refractivity contribution in [2.75, 3.05) is 20.3 Å². The molecule has 2 unspecified atom stereocenters. The van der Waals surface area contributed by atoms with Gasteiger partial charge in [0.15, 0.2) is 12.4 Å². The molecule has 4 heterocycles. The van der Waals surface area contributed by atoms with Crippen molar-refractivity contribution in [3.63, 3.8) is 0 Å². The van der Waals surface area contributed by atoms with Crippen LogP contribution in [0.1, 0.15) is 117 Å². The lowest BCUT2D eigenvalue weighted by Crippen LogP contribution is -2.62. The molecule has 0 aromatic carbocycles. The molecule has 0 aromatic heterocycles. The van der Waals surface area contributed by atoms with E-state index < -0.39 is 66.4 Å². The van der Waals surface area contributed by atoms with Crippen LogP contribution in [-0.2, 0) is 47.5 Å². The summed E-state index contributed by atoms with van der Waals surface area (Å²) in [5.74, 6) is -4.21. The zero-order valence-electron chi connectivity index (χ0n) is 30.8. The highest BCUT2D eigenvalue weighted by Crippen LogP contribution is 2.47. The van der Waals surface area contributed by atoms with Crippen LogP contribution in [0.15, 0.2) is 23.8 Å². The Bertz CT molecular complexity index is 1200. The van der Waals surface area contributed by atoms with Crippen molar-refractivity contribution in [2.45, 2.75) is 172 Å². The average molecular weight is 725 g/mol. The standard InChI is InChI=1S/C38H60O13/c1-5-6-7-8-9-13-32(41)50-36-25(19-33(42)45-4)18-30-23-31(24-39)48-34(43)21-26(40)20-27-11-10-12-28(47-27)22-29-15-17-46-35(49-29)14-16-37(2,3)38(36,44)51-30/h14,16,19,26-31,35-36,39-40,44H,5-13,15,17-18,20-24H2,1-4H3/b16-14+,25-19+/t26-,27+,28?,29?,30+,31-,35+,36+,38-/m1/s1. The third-order valence-corrected chi connectivity index (χ3v) is 10.3. The first-order valence-electron chi connectivity index (χ1n) is 18.8. The van der Waals surface area contributed by atoms with Crippen LogP contribution in [0.3, 0.4) is 0 Å². The number of aliphatic hydroxyl groups is 3. The third-order valence-electron chi connectivity index (χ3n) is 10.3. The van der Waals surface area contributed by atoms with Gasteiger partial charge in [-0.15, -0.1) is 0 Å². The van der Waals surface area contributed by atoms with Crippen LogP contribution < -0.4 is 0 Å². The van der Waals surface area contributed by atoms with Gasteiger partial charge in [-0.05, 0) is 56.6 Å². The van der Waals surface area contributed by atoms with Gasteiger partial charge in [-0.25, -0.2) is 4.79 Å². The highest BCUT2D eigenvalue weighted by molar-refractivity contribution is 5.83. The van der Waals surface area contributed by atoms with Crippen LogP contribution in [0.25, 0.3) is 0 Å². The number of carbonyl (C=O) groups excluding carboxylic acids is 3. The maximum absolute atomic E-state index is 13.3. The number of fused-ring (bicyclic) bond motifs is 6. The quantitative estimate of drug-likeness (QED) is 0.101. The Labute approximate surface area is 302 Å². The summed E-state index contributed by atoms with van der Waals surface area (Å²) in [6, 6.07) is 0. The Morgan fingerprint density at radius 2 is 1.71 bits per heavy atom. The van der Waals surface area contributed by atoms with Crippen molar-refractivity contribution in [3.8, 4) is 0 Å². The SMILES string of the molecule is CCCCCCCC(=O)O[C@H]1/C(=C/C(=O)OC)C[C@H]2C[C@H](CO)OC(=O)C[C@H](O)C[C@@H]3CCCC(CC4CCO[C@H](/C=C/C(C)(C)[C@]1(O)O2)O4)O3. The first-order chi connectivity index (χ1) is 24.3. The van der Waals surface area contributed by atoms with Crippen LogP contribution in [0.4, 0.5) is 0 Å². The molecule has 13 nitrogen and oxygen atoms in total. The fourth-order valence-electron chi connectivity index (χ4n) is 7.38. The summed E-state index contributed by atoms with van der Waals surface area (Å²) in [7, 11) is 1.22. The van der Waals surface area contributed by atoms with Crippen molar-refractivity contribution < 1.29 is 62.9 Å². The number of methoxy groups -OCH3 is 1. The minimum absolute atomic E-state index is 0.000953. The minimum atomic E-state index is -2.25. The largest absolute Gasteiger partial charge is 0.466 e. The Balaban J connectivity index is 1.68. The molecule has 9 atom stereocenters. The number of esters is 3. The Morgan fingerprint density at radius 1 is 0.980 bits per heavy atom. The Morgan fingerprint density at radius 3 is 2.43 bits per heavy atom. The van der Waals surface area contributed by atoms with Crippen LogP contribution in [0, 0.1) is 5.41 Å². The minimum Gasteiger partial charge on any atom is -0.466 e. The summed E-state index contributed by atoms with van der Waals surface area (Å²) in [6.45, 7) is 5.42. The first-order valence-corrected chi connectivity index (χ1v) is 18.8. The fourth-order valence-corrected chi connectivity index (χ4v) is 7.38. The monoisotopic (exact) mass is 724 g/mol. The number of hydrogen-bond acceptors (Lipinski definition) is 13. The van der Waals surface area contributed by atoms with Crippen LogP contribution in [0.5, 0.6) is 0 Å². The van der Waals surface area contributed by atoms with Gasteiger partial charge in [0.1, 0.15) is 6.10 Å². The molecule has 3 N–H and O–H groups in total. The molecular formula is C38H60O13. The molecule has 0 amide bonds. The summed E-state index contributed by atoms with van der Waals surface area (Å²) >= 11 is 0. The molecule has 0 spiro atoms. The number of hydrogen-bond donors (Lipinski definition) is 3. The molecule has 4 aliphatic heterocycles. The molecule has 0 aromatic rings. The molecule has 3 saturated heterocycles. The molecule has 4 aliphatic rings. The Kier molecular flexibility index (Phi) is 15.9. The van der Waals surface area contributed by atoms with Crippen molar-refractivity contribution in [1.29, 1.82) is 0 Å². The van der Waals surface area contributed by atoms with E-state index in [1.807, 2.05) is 0 Å². The summed E-state index contributed by atoms with van der Waals surface area (Å²) in [5, 5.41) is 33.6. The molecule has 0 saturated carbocycles. The first kappa shape index (κ1) is 41.4. The van der Waals surface area contributed by atoms with E-state index >= 15 is 0 Å². The van der Waals surface area contributed by atoms with E-state index in [0.717, 1.165) is 44.9 Å². The highest BCUT2D eigenvalue weighted by Gasteiger charge is 2.57. The molecule has 3 fully saturated rings. The smallest absolute Gasteiger partial charge is 0.330 e.